The van der Waals surface area contributed by atoms with Crippen molar-refractivity contribution in [2.45, 2.75) is 25.0 Å². The van der Waals surface area contributed by atoms with Gasteiger partial charge >= 0.3 is 0 Å². The molecule has 2 nitrogen and oxygen atoms in total. The van der Waals surface area contributed by atoms with Gasteiger partial charge in [0.1, 0.15) is 5.82 Å². The van der Waals surface area contributed by atoms with Crippen molar-refractivity contribution in [1.29, 1.82) is 0 Å². The van der Waals surface area contributed by atoms with E-state index in [0.29, 0.717) is 6.04 Å². The normalized spacial score (nSPS) is 29.4. The van der Waals surface area contributed by atoms with Crippen LogP contribution in [-0.4, -0.2) is 19.2 Å². The molecule has 0 aromatic heterocycles. The monoisotopic (exact) mass is 207 g/mol. The molecule has 2 heterocycles. The van der Waals surface area contributed by atoms with Gasteiger partial charge in [0, 0.05) is 6.04 Å². The topological polar surface area (TPSA) is 21.3 Å². The van der Waals surface area contributed by atoms with Crippen LogP contribution in [0.15, 0.2) is 18.2 Å². The Bertz CT molecular complexity index is 376. The number of benzene rings is 1. The number of fused-ring (bicyclic) bond motifs is 1. The van der Waals surface area contributed by atoms with Crippen molar-refractivity contribution in [2.24, 2.45) is 0 Å². The van der Waals surface area contributed by atoms with E-state index in [2.05, 4.69) is 5.32 Å². The third-order valence-corrected chi connectivity index (χ3v) is 3.31. The van der Waals surface area contributed by atoms with E-state index in [-0.39, 0.29) is 11.9 Å². The Balaban J connectivity index is 1.96. The van der Waals surface area contributed by atoms with Crippen LogP contribution in [0.5, 0.6) is 0 Å². The molecule has 3 heteroatoms. The number of halogens is 1. The minimum absolute atomic E-state index is 0.0539. The molecule has 1 fully saturated rings. The summed E-state index contributed by atoms with van der Waals surface area (Å²) in [5.41, 5.74) is 2.28. The average molecular weight is 207 g/mol. The van der Waals surface area contributed by atoms with Crippen LogP contribution < -0.4 is 5.32 Å². The van der Waals surface area contributed by atoms with Crippen LogP contribution in [0.2, 0.25) is 0 Å². The van der Waals surface area contributed by atoms with Crippen LogP contribution in [0.4, 0.5) is 4.39 Å². The highest BCUT2D eigenvalue weighted by molar-refractivity contribution is 5.33. The molecule has 2 aliphatic rings. The lowest BCUT2D eigenvalue weighted by molar-refractivity contribution is -0.00171. The van der Waals surface area contributed by atoms with Gasteiger partial charge in [-0.2, -0.15) is 0 Å². The van der Waals surface area contributed by atoms with Crippen LogP contribution in [0.25, 0.3) is 0 Å². The van der Waals surface area contributed by atoms with Gasteiger partial charge in [0.2, 0.25) is 0 Å². The SMILES string of the molecule is Fc1ccc2c(c1)[C@@H]([C@@H]1CCN1)OCC2. The highest BCUT2D eigenvalue weighted by Gasteiger charge is 2.32. The molecule has 1 aromatic carbocycles. The van der Waals surface area contributed by atoms with Gasteiger partial charge in [-0.15, -0.1) is 0 Å². The third-order valence-electron chi connectivity index (χ3n) is 3.31. The van der Waals surface area contributed by atoms with E-state index < -0.39 is 0 Å². The predicted molar refractivity (Wildman–Crippen MR) is 55.2 cm³/mol. The summed E-state index contributed by atoms with van der Waals surface area (Å²) in [7, 11) is 0. The molecule has 80 valence electrons. The van der Waals surface area contributed by atoms with E-state index in [1.165, 1.54) is 11.6 Å². The second-order valence-corrected chi connectivity index (χ2v) is 4.23. The lowest BCUT2D eigenvalue weighted by Crippen LogP contribution is -2.48. The Morgan fingerprint density at radius 3 is 3.00 bits per heavy atom. The van der Waals surface area contributed by atoms with Gasteiger partial charge in [0.05, 0.1) is 12.7 Å². The number of ether oxygens (including phenoxy) is 1. The van der Waals surface area contributed by atoms with E-state index in [1.807, 2.05) is 6.07 Å². The van der Waals surface area contributed by atoms with Crippen molar-refractivity contribution in [3.63, 3.8) is 0 Å². The largest absolute Gasteiger partial charge is 0.372 e. The van der Waals surface area contributed by atoms with Crippen LogP contribution in [0, 0.1) is 5.82 Å². The van der Waals surface area contributed by atoms with E-state index in [9.17, 15) is 4.39 Å². The van der Waals surface area contributed by atoms with Gasteiger partial charge in [-0.05, 0) is 42.6 Å². The van der Waals surface area contributed by atoms with Crippen molar-refractivity contribution >= 4 is 0 Å². The molecule has 0 bridgehead atoms. The summed E-state index contributed by atoms with van der Waals surface area (Å²) >= 11 is 0. The molecule has 1 N–H and O–H groups in total. The zero-order chi connectivity index (χ0) is 10.3. The summed E-state index contributed by atoms with van der Waals surface area (Å²) in [6.45, 7) is 1.80. The first-order valence-corrected chi connectivity index (χ1v) is 5.48. The number of hydrogen-bond donors (Lipinski definition) is 1. The lowest BCUT2D eigenvalue weighted by atomic mass is 9.89. The Labute approximate surface area is 88.4 Å². The van der Waals surface area contributed by atoms with Crippen LogP contribution in [0.1, 0.15) is 23.7 Å². The van der Waals surface area contributed by atoms with E-state index >= 15 is 0 Å². The molecule has 2 atom stereocenters. The Hall–Kier alpha value is -0.930. The van der Waals surface area contributed by atoms with Gasteiger partial charge < -0.3 is 10.1 Å². The first kappa shape index (κ1) is 9.31. The van der Waals surface area contributed by atoms with Gasteiger partial charge in [-0.3, -0.25) is 0 Å². The Morgan fingerprint density at radius 1 is 1.40 bits per heavy atom. The molecule has 2 aliphatic heterocycles. The molecular weight excluding hydrogens is 193 g/mol. The van der Waals surface area contributed by atoms with Crippen molar-refractivity contribution in [1.82, 2.24) is 5.32 Å². The molecule has 15 heavy (non-hydrogen) atoms. The maximum atomic E-state index is 13.2. The molecule has 1 saturated heterocycles. The third kappa shape index (κ3) is 1.56. The summed E-state index contributed by atoms with van der Waals surface area (Å²) in [6, 6.07) is 5.43. The average Bonchev–Trinajstić information content (AvgIpc) is 2.16. The zero-order valence-electron chi connectivity index (χ0n) is 8.50. The standard InChI is InChI=1S/C12H14FNO/c13-9-2-1-8-4-6-15-12(10(8)7-9)11-3-5-14-11/h1-2,7,11-12,14H,3-6H2/t11-,12-/m0/s1. The quantitative estimate of drug-likeness (QED) is 0.758. The van der Waals surface area contributed by atoms with Crippen molar-refractivity contribution in [3.05, 3.63) is 35.1 Å². The number of rotatable bonds is 1. The summed E-state index contributed by atoms with van der Waals surface area (Å²) in [6.07, 6.45) is 2.08. The molecule has 0 unspecified atom stereocenters. The predicted octanol–water partition coefficient (Wildman–Crippen LogP) is 1.80. The first-order chi connectivity index (χ1) is 7.34. The van der Waals surface area contributed by atoms with Crippen molar-refractivity contribution in [3.8, 4) is 0 Å². The van der Waals surface area contributed by atoms with Gasteiger partial charge in [-0.25, -0.2) is 4.39 Å². The van der Waals surface area contributed by atoms with Gasteiger partial charge in [0.25, 0.3) is 0 Å². The smallest absolute Gasteiger partial charge is 0.123 e. The maximum absolute atomic E-state index is 13.2. The molecule has 0 amide bonds. The minimum Gasteiger partial charge on any atom is -0.372 e. The van der Waals surface area contributed by atoms with Crippen LogP contribution in [0.3, 0.4) is 0 Å². The molecule has 0 radical (unpaired) electrons. The Kier molecular flexibility index (Phi) is 2.22. The summed E-state index contributed by atoms with van der Waals surface area (Å²) in [4.78, 5) is 0. The minimum atomic E-state index is -0.163. The summed E-state index contributed by atoms with van der Waals surface area (Å²) in [5, 5.41) is 3.33. The second kappa shape index (κ2) is 3.58. The van der Waals surface area contributed by atoms with Crippen molar-refractivity contribution < 1.29 is 9.13 Å². The summed E-state index contributed by atoms with van der Waals surface area (Å²) in [5.74, 6) is -0.163. The molecule has 0 saturated carbocycles. The highest BCUT2D eigenvalue weighted by Crippen LogP contribution is 2.33. The maximum Gasteiger partial charge on any atom is 0.123 e. The van der Waals surface area contributed by atoms with E-state index in [0.717, 1.165) is 31.6 Å². The molecule has 0 spiro atoms. The molecule has 0 aliphatic carbocycles. The van der Waals surface area contributed by atoms with Gasteiger partial charge in [-0.1, -0.05) is 6.07 Å². The van der Waals surface area contributed by atoms with E-state index in [1.54, 1.807) is 6.07 Å². The van der Waals surface area contributed by atoms with Gasteiger partial charge in [0.15, 0.2) is 0 Å². The zero-order valence-corrected chi connectivity index (χ0v) is 8.50. The fraction of sp³-hybridized carbons (Fsp3) is 0.500. The number of nitrogens with one attached hydrogen (secondary N) is 1. The van der Waals surface area contributed by atoms with Crippen molar-refractivity contribution in [2.75, 3.05) is 13.2 Å². The van der Waals surface area contributed by atoms with Crippen LogP contribution in [-0.2, 0) is 11.2 Å². The number of hydrogen-bond acceptors (Lipinski definition) is 2. The lowest BCUT2D eigenvalue weighted by Gasteiger charge is -2.38. The molecule has 1 aromatic rings. The second-order valence-electron chi connectivity index (χ2n) is 4.23. The fourth-order valence-corrected chi connectivity index (χ4v) is 2.35. The first-order valence-electron chi connectivity index (χ1n) is 5.48. The molecular formula is C12H14FNO. The Morgan fingerprint density at radius 2 is 2.27 bits per heavy atom. The molecule has 3 rings (SSSR count). The fourth-order valence-electron chi connectivity index (χ4n) is 2.35. The highest BCUT2D eigenvalue weighted by atomic mass is 19.1. The van der Waals surface area contributed by atoms with Crippen LogP contribution >= 0.6 is 0 Å². The van der Waals surface area contributed by atoms with E-state index in [4.69, 9.17) is 4.74 Å². The summed E-state index contributed by atoms with van der Waals surface area (Å²) < 4.78 is 18.9.